The molecule has 0 bridgehead atoms. The molecule has 0 aromatic heterocycles. The number of amides is 2. The minimum absolute atomic E-state index is 0.0388. The monoisotopic (exact) mass is 616 g/mol. The second-order valence-corrected chi connectivity index (χ2v) is 10.4. The fraction of sp³-hybridized carbons (Fsp3) is 0.786. The summed E-state index contributed by atoms with van der Waals surface area (Å²) in [5.74, 6) is -2.03. The highest BCUT2D eigenvalue weighted by Crippen LogP contribution is 2.02. The Bertz CT molecular complexity index is 846. The summed E-state index contributed by atoms with van der Waals surface area (Å²) in [4.78, 5) is 76.6. The summed E-state index contributed by atoms with van der Waals surface area (Å²) < 4.78 is 0. The van der Waals surface area contributed by atoms with Gasteiger partial charge in [-0.15, -0.1) is 0 Å². The van der Waals surface area contributed by atoms with Crippen molar-refractivity contribution in [2.75, 3.05) is 98.7 Å². The first-order valence-electron chi connectivity index (χ1n) is 14.8. The average Bonchev–Trinajstić information content (AvgIpc) is 2.94. The maximum absolute atomic E-state index is 12.7. The summed E-state index contributed by atoms with van der Waals surface area (Å²) in [5, 5.41) is 31.3. The van der Waals surface area contributed by atoms with Crippen molar-refractivity contribution in [1.29, 1.82) is 0 Å². The van der Waals surface area contributed by atoms with E-state index in [0.717, 1.165) is 26.2 Å². The van der Waals surface area contributed by atoms with Gasteiger partial charge in [-0.25, -0.2) is 0 Å². The number of carboxylic acid groups (broad SMARTS) is 2. The number of hydrogen-bond donors (Lipinski definition) is 5. The Labute approximate surface area is 254 Å². The third-order valence-electron chi connectivity index (χ3n) is 6.78. The normalized spacial score (nSPS) is 16.1. The predicted octanol–water partition coefficient (Wildman–Crippen LogP) is -1.65. The van der Waals surface area contributed by atoms with Crippen molar-refractivity contribution in [2.45, 2.75) is 45.4 Å². The van der Waals surface area contributed by atoms with Gasteiger partial charge in [0.2, 0.25) is 11.8 Å². The van der Waals surface area contributed by atoms with E-state index in [0.29, 0.717) is 91.1 Å². The van der Waals surface area contributed by atoms with Crippen LogP contribution in [0.2, 0.25) is 0 Å². The molecule has 0 aromatic carbocycles. The molecule has 1 heterocycles. The van der Waals surface area contributed by atoms with Crippen LogP contribution in [0.1, 0.15) is 45.4 Å². The predicted molar refractivity (Wildman–Crippen MR) is 160 cm³/mol. The van der Waals surface area contributed by atoms with Crippen LogP contribution in [-0.4, -0.2) is 169 Å². The zero-order valence-corrected chi connectivity index (χ0v) is 25.8. The van der Waals surface area contributed by atoms with Crippen LogP contribution in [0.4, 0.5) is 0 Å². The lowest BCUT2D eigenvalue weighted by molar-refractivity contribution is -0.140. The van der Waals surface area contributed by atoms with Crippen LogP contribution in [-0.2, 0) is 28.8 Å². The fourth-order valence-corrected chi connectivity index (χ4v) is 4.45. The molecule has 15 nitrogen and oxygen atoms in total. The molecule has 2 amide bonds. The molecule has 15 heteroatoms. The zero-order valence-electron chi connectivity index (χ0n) is 25.8. The van der Waals surface area contributed by atoms with Crippen molar-refractivity contribution in [3.05, 3.63) is 0 Å². The van der Waals surface area contributed by atoms with Gasteiger partial charge in [0.25, 0.3) is 0 Å². The van der Waals surface area contributed by atoms with Gasteiger partial charge in [-0.2, -0.15) is 0 Å². The van der Waals surface area contributed by atoms with Crippen LogP contribution in [0.15, 0.2) is 0 Å². The van der Waals surface area contributed by atoms with Crippen LogP contribution in [0, 0.1) is 0 Å². The first-order valence-corrected chi connectivity index (χ1v) is 14.8. The van der Waals surface area contributed by atoms with Crippen LogP contribution >= 0.6 is 0 Å². The molecule has 1 rings (SSSR count). The molecule has 0 atom stereocenters. The van der Waals surface area contributed by atoms with E-state index in [1.165, 1.54) is 6.92 Å². The fourth-order valence-electron chi connectivity index (χ4n) is 4.45. The summed E-state index contributed by atoms with van der Waals surface area (Å²) in [6.45, 7) is 5.93. The van der Waals surface area contributed by atoms with Gasteiger partial charge in [0, 0.05) is 85.4 Å². The molecular formula is C28H52N6O9. The van der Waals surface area contributed by atoms with E-state index in [1.54, 1.807) is 9.80 Å². The highest BCUT2D eigenvalue weighted by Gasteiger charge is 2.20. The summed E-state index contributed by atoms with van der Waals surface area (Å²) in [7, 11) is 1.00. The lowest BCUT2D eigenvalue weighted by atomic mass is 10.2. The number of hydrogen-bond acceptors (Lipinski definition) is 11. The number of aliphatic hydroxyl groups excluding tert-OH is 1. The molecule has 0 unspecified atom stereocenters. The molecule has 0 spiro atoms. The van der Waals surface area contributed by atoms with E-state index in [2.05, 4.69) is 10.6 Å². The van der Waals surface area contributed by atoms with Crippen molar-refractivity contribution in [3.63, 3.8) is 0 Å². The minimum atomic E-state index is -0.978. The number of aldehydes is 1. The third kappa shape index (κ3) is 23.2. The molecule has 5 N–H and O–H groups in total. The Balaban J connectivity index is 0.00000862. The van der Waals surface area contributed by atoms with E-state index >= 15 is 0 Å². The Kier molecular flexibility index (Phi) is 23.7. The van der Waals surface area contributed by atoms with Crippen LogP contribution < -0.4 is 10.6 Å². The number of nitrogens with one attached hydrogen (secondary N) is 2. The molecule has 248 valence electrons. The van der Waals surface area contributed by atoms with E-state index < -0.39 is 11.9 Å². The summed E-state index contributed by atoms with van der Waals surface area (Å²) >= 11 is 0. The van der Waals surface area contributed by atoms with Crippen molar-refractivity contribution >= 4 is 35.8 Å². The Hall–Kier alpha value is -2.98. The molecule has 0 aliphatic carbocycles. The SMILES string of the molecule is CC(=O)CCCNC(=O)CCCCCNC(=O)CN1CCN(CC=O)CCN(CC(=O)O)CCN(CC(=O)O)CC1.CO. The molecule has 1 fully saturated rings. The summed E-state index contributed by atoms with van der Waals surface area (Å²) in [5.41, 5.74) is 0. The highest BCUT2D eigenvalue weighted by atomic mass is 16.4. The van der Waals surface area contributed by atoms with Gasteiger partial charge in [0.05, 0.1) is 26.2 Å². The number of Topliss-reactive ketones (excluding diaryl/α,β-unsaturated/α-hetero) is 1. The smallest absolute Gasteiger partial charge is 0.317 e. The largest absolute Gasteiger partial charge is 0.480 e. The second-order valence-electron chi connectivity index (χ2n) is 10.4. The van der Waals surface area contributed by atoms with E-state index in [-0.39, 0.29) is 43.8 Å². The lowest BCUT2D eigenvalue weighted by Gasteiger charge is -2.32. The Morgan fingerprint density at radius 1 is 0.605 bits per heavy atom. The molecular weight excluding hydrogens is 564 g/mol. The summed E-state index contributed by atoms with van der Waals surface area (Å²) in [6, 6.07) is 0. The number of nitrogens with zero attached hydrogens (tertiary/aromatic N) is 4. The van der Waals surface area contributed by atoms with E-state index in [1.807, 2.05) is 9.80 Å². The van der Waals surface area contributed by atoms with Crippen LogP contribution in [0.3, 0.4) is 0 Å². The maximum atomic E-state index is 12.7. The zero-order chi connectivity index (χ0) is 32.5. The standard InChI is InChI=1S/C27H48N6O8.CH4O/c1-23(35)6-5-9-28-24(36)7-3-2-4-8-29-25(37)20-31-12-10-30(18-19-34)11-13-32(21-26(38)39)16-17-33(15-14-31)22-27(40)41;1-2/h19H,2-18,20-22H2,1H3,(H,28,36)(H,29,37)(H,38,39)(H,40,41);2H,1H3. The number of carboxylic acids is 2. The third-order valence-corrected chi connectivity index (χ3v) is 6.78. The average molecular weight is 617 g/mol. The van der Waals surface area contributed by atoms with Crippen molar-refractivity contribution < 1.29 is 44.1 Å². The topological polar surface area (TPSA) is 200 Å². The van der Waals surface area contributed by atoms with Gasteiger partial charge in [0.1, 0.15) is 12.1 Å². The molecule has 0 saturated carbocycles. The number of aliphatic hydroxyl groups is 1. The Morgan fingerprint density at radius 3 is 1.51 bits per heavy atom. The van der Waals surface area contributed by atoms with Crippen molar-refractivity contribution in [1.82, 2.24) is 30.2 Å². The van der Waals surface area contributed by atoms with Crippen LogP contribution in [0.5, 0.6) is 0 Å². The van der Waals surface area contributed by atoms with Crippen molar-refractivity contribution in [3.8, 4) is 0 Å². The van der Waals surface area contributed by atoms with Crippen molar-refractivity contribution in [2.24, 2.45) is 0 Å². The van der Waals surface area contributed by atoms with Gasteiger partial charge in [-0.3, -0.25) is 38.8 Å². The number of aliphatic carboxylic acids is 2. The van der Waals surface area contributed by atoms with Gasteiger partial charge in [-0.1, -0.05) is 6.42 Å². The molecule has 0 radical (unpaired) electrons. The Morgan fingerprint density at radius 2 is 1.05 bits per heavy atom. The van der Waals surface area contributed by atoms with E-state index in [4.69, 9.17) is 5.11 Å². The first-order chi connectivity index (χ1) is 20.6. The number of carbonyl (C=O) groups is 6. The maximum Gasteiger partial charge on any atom is 0.317 e. The molecule has 1 aliphatic heterocycles. The number of ketones is 1. The first kappa shape index (κ1) is 40.0. The van der Waals surface area contributed by atoms with E-state index in [9.17, 15) is 39.0 Å². The molecule has 1 saturated heterocycles. The number of unbranched alkanes of at least 4 members (excludes halogenated alkanes) is 2. The molecule has 1 aliphatic rings. The van der Waals surface area contributed by atoms with Crippen LogP contribution in [0.25, 0.3) is 0 Å². The number of carbonyl (C=O) groups excluding carboxylic acids is 4. The quantitative estimate of drug-likeness (QED) is 0.0867. The van der Waals surface area contributed by atoms with Gasteiger partial charge in [0.15, 0.2) is 0 Å². The lowest BCUT2D eigenvalue weighted by Crippen LogP contribution is -2.49. The molecule has 43 heavy (non-hydrogen) atoms. The number of rotatable bonds is 18. The van der Waals surface area contributed by atoms with Gasteiger partial charge < -0.3 is 35.5 Å². The van der Waals surface area contributed by atoms with Gasteiger partial charge in [-0.05, 0) is 26.2 Å². The summed E-state index contributed by atoms with van der Waals surface area (Å²) in [6.07, 6.45) is 4.53. The molecule has 0 aromatic rings. The second kappa shape index (κ2) is 25.5. The highest BCUT2D eigenvalue weighted by molar-refractivity contribution is 5.78. The van der Waals surface area contributed by atoms with Gasteiger partial charge >= 0.3 is 11.9 Å². The minimum Gasteiger partial charge on any atom is -0.480 e.